The van der Waals surface area contributed by atoms with Crippen molar-refractivity contribution in [3.63, 3.8) is 0 Å². The lowest BCUT2D eigenvalue weighted by Gasteiger charge is -2.15. The molecule has 1 aliphatic carbocycles. The molecule has 8 nitrogen and oxygen atoms in total. The van der Waals surface area contributed by atoms with E-state index in [0.29, 0.717) is 28.8 Å². The van der Waals surface area contributed by atoms with Crippen LogP contribution in [0.15, 0.2) is 16.2 Å². The van der Waals surface area contributed by atoms with Gasteiger partial charge in [-0.15, -0.1) is 21.5 Å². The van der Waals surface area contributed by atoms with Gasteiger partial charge in [0.25, 0.3) is 5.56 Å². The zero-order chi connectivity index (χ0) is 16.8. The zero-order valence-corrected chi connectivity index (χ0v) is 14.2. The second-order valence-electron chi connectivity index (χ2n) is 5.97. The zero-order valence-electron chi connectivity index (χ0n) is 13.4. The lowest BCUT2D eigenvalue weighted by Crippen LogP contribution is -2.39. The van der Waals surface area contributed by atoms with Crippen molar-refractivity contribution in [2.75, 3.05) is 7.11 Å². The summed E-state index contributed by atoms with van der Waals surface area (Å²) in [7, 11) is 3.08. The third-order valence-corrected chi connectivity index (χ3v) is 5.32. The van der Waals surface area contributed by atoms with Crippen LogP contribution >= 0.6 is 11.3 Å². The molecule has 1 fully saturated rings. The van der Waals surface area contributed by atoms with Crippen LogP contribution in [-0.2, 0) is 23.1 Å². The van der Waals surface area contributed by atoms with Crippen molar-refractivity contribution in [2.24, 2.45) is 13.0 Å². The Balaban J connectivity index is 1.72. The van der Waals surface area contributed by atoms with E-state index in [9.17, 15) is 9.59 Å². The van der Waals surface area contributed by atoms with Crippen LogP contribution < -0.4 is 10.9 Å². The summed E-state index contributed by atoms with van der Waals surface area (Å²) < 4.78 is 8.90. The van der Waals surface area contributed by atoms with Crippen molar-refractivity contribution in [3.05, 3.63) is 27.6 Å². The van der Waals surface area contributed by atoms with Gasteiger partial charge in [-0.2, -0.15) is 0 Å². The van der Waals surface area contributed by atoms with Gasteiger partial charge in [-0.25, -0.2) is 0 Å². The first kappa shape index (κ1) is 15.3. The highest BCUT2D eigenvalue weighted by molar-refractivity contribution is 7.17. The summed E-state index contributed by atoms with van der Waals surface area (Å²) in [6.07, 6.45) is 2.05. The summed E-state index contributed by atoms with van der Waals surface area (Å²) in [6, 6.07) is 1.56. The molecule has 4 rings (SSSR count). The number of aromatic nitrogens is 4. The highest BCUT2D eigenvalue weighted by Crippen LogP contribution is 2.33. The van der Waals surface area contributed by atoms with Crippen LogP contribution in [0, 0.1) is 5.92 Å². The van der Waals surface area contributed by atoms with Gasteiger partial charge in [-0.05, 0) is 30.2 Å². The Bertz CT molecular complexity index is 984. The largest absolute Gasteiger partial charge is 0.468 e. The van der Waals surface area contributed by atoms with E-state index in [1.807, 2.05) is 15.8 Å². The van der Waals surface area contributed by atoms with Gasteiger partial charge in [0, 0.05) is 7.05 Å². The topological polar surface area (TPSA) is 90.5 Å². The molecule has 24 heavy (non-hydrogen) atoms. The maximum atomic E-state index is 12.3. The Kier molecular flexibility index (Phi) is 3.61. The van der Waals surface area contributed by atoms with E-state index in [4.69, 9.17) is 4.74 Å². The number of ether oxygens (including phenoxy) is 1. The minimum Gasteiger partial charge on any atom is -0.468 e. The first-order chi connectivity index (χ1) is 11.6. The lowest BCUT2D eigenvalue weighted by molar-refractivity contribution is -0.143. The number of hydrogen-bond donors (Lipinski definition) is 1. The molecule has 0 amide bonds. The highest BCUT2D eigenvalue weighted by atomic mass is 32.1. The Labute approximate surface area is 141 Å². The van der Waals surface area contributed by atoms with Crippen molar-refractivity contribution in [1.29, 1.82) is 0 Å². The second kappa shape index (κ2) is 5.67. The molecule has 3 heterocycles. The number of aryl methyl sites for hydroxylation is 1. The van der Waals surface area contributed by atoms with Crippen LogP contribution in [0.25, 0.3) is 16.0 Å². The Morgan fingerprint density at radius 1 is 1.50 bits per heavy atom. The smallest absolute Gasteiger partial charge is 0.323 e. The molecular weight excluding hydrogens is 330 g/mol. The van der Waals surface area contributed by atoms with E-state index in [1.165, 1.54) is 23.0 Å². The van der Waals surface area contributed by atoms with E-state index in [2.05, 4.69) is 15.5 Å². The molecule has 3 aromatic rings. The fraction of sp³-hybridized carbons (Fsp3) is 0.467. The summed E-state index contributed by atoms with van der Waals surface area (Å²) in [5.41, 5.74) is 0.714. The third kappa shape index (κ3) is 2.31. The molecule has 1 aliphatic rings. The van der Waals surface area contributed by atoms with Crippen molar-refractivity contribution in [3.8, 4) is 0 Å². The van der Waals surface area contributed by atoms with Crippen LogP contribution in [0.1, 0.15) is 18.7 Å². The third-order valence-electron chi connectivity index (χ3n) is 4.43. The number of esters is 1. The Hall–Kier alpha value is -2.26. The molecule has 0 saturated heterocycles. The average Bonchev–Trinajstić information content (AvgIpc) is 3.14. The molecule has 0 aromatic carbocycles. The van der Waals surface area contributed by atoms with E-state index < -0.39 is 0 Å². The second-order valence-corrected chi connectivity index (χ2v) is 6.89. The van der Waals surface area contributed by atoms with Crippen molar-refractivity contribution in [2.45, 2.75) is 25.4 Å². The Morgan fingerprint density at radius 3 is 3.00 bits per heavy atom. The number of nitrogens with zero attached hydrogens (tertiary/aromatic N) is 4. The number of nitrogens with one attached hydrogen (secondary N) is 1. The number of fused-ring (bicyclic) bond motifs is 3. The quantitative estimate of drug-likeness (QED) is 0.683. The van der Waals surface area contributed by atoms with Gasteiger partial charge in [0.1, 0.15) is 10.7 Å². The van der Waals surface area contributed by atoms with Gasteiger partial charge in [-0.1, -0.05) is 0 Å². The first-order valence-corrected chi connectivity index (χ1v) is 8.61. The molecule has 9 heteroatoms. The van der Waals surface area contributed by atoms with E-state index in [0.717, 1.165) is 18.4 Å². The predicted molar refractivity (Wildman–Crippen MR) is 89.0 cm³/mol. The molecule has 1 atom stereocenters. The number of thiophene rings is 1. The summed E-state index contributed by atoms with van der Waals surface area (Å²) in [5, 5.41) is 13.5. The van der Waals surface area contributed by atoms with Crippen LogP contribution in [0.4, 0.5) is 0 Å². The molecule has 0 spiro atoms. The van der Waals surface area contributed by atoms with Gasteiger partial charge in [0.05, 0.1) is 19.2 Å². The summed E-state index contributed by atoms with van der Waals surface area (Å²) in [4.78, 5) is 24.2. The van der Waals surface area contributed by atoms with Crippen molar-refractivity contribution in [1.82, 2.24) is 24.5 Å². The molecule has 0 radical (unpaired) electrons. The average molecular weight is 347 g/mol. The minimum absolute atomic E-state index is 0.0789. The van der Waals surface area contributed by atoms with E-state index >= 15 is 0 Å². The Morgan fingerprint density at radius 2 is 2.29 bits per heavy atom. The highest BCUT2D eigenvalue weighted by Gasteiger charge is 2.36. The molecule has 0 aliphatic heterocycles. The molecular formula is C15H17N5O3S. The van der Waals surface area contributed by atoms with Gasteiger partial charge in [-0.3, -0.25) is 23.9 Å². The first-order valence-electron chi connectivity index (χ1n) is 7.73. The molecule has 1 unspecified atom stereocenters. The van der Waals surface area contributed by atoms with Gasteiger partial charge in [0.15, 0.2) is 5.82 Å². The molecule has 3 aromatic heterocycles. The minimum atomic E-state index is -0.326. The molecule has 1 saturated carbocycles. The number of methoxy groups -OCH3 is 1. The summed E-state index contributed by atoms with van der Waals surface area (Å²) in [6.45, 7) is 0.376. The maximum absolute atomic E-state index is 12.3. The number of carbonyl (C=O) groups is 1. The molecule has 1 N–H and O–H groups in total. The van der Waals surface area contributed by atoms with Crippen LogP contribution in [-0.4, -0.2) is 38.3 Å². The maximum Gasteiger partial charge on any atom is 0.323 e. The normalized spacial score (nSPS) is 15.9. The van der Waals surface area contributed by atoms with Crippen LogP contribution in [0.3, 0.4) is 0 Å². The monoisotopic (exact) mass is 347 g/mol. The number of rotatable bonds is 5. The number of hydrogen-bond acceptors (Lipinski definition) is 7. The van der Waals surface area contributed by atoms with Crippen LogP contribution in [0.5, 0.6) is 0 Å². The van der Waals surface area contributed by atoms with Crippen molar-refractivity contribution < 1.29 is 9.53 Å². The SMILES string of the molecule is COC(=O)C(NCc1nnc2n(C)c(=O)c3sccc3n12)C1CC1. The van der Waals surface area contributed by atoms with Crippen LogP contribution in [0.2, 0.25) is 0 Å². The fourth-order valence-electron chi connectivity index (χ4n) is 2.97. The summed E-state index contributed by atoms with van der Waals surface area (Å²) in [5.74, 6) is 1.23. The fourth-order valence-corrected chi connectivity index (χ4v) is 3.82. The standard InChI is InChI=1S/C15H17N5O3S/c1-19-13(21)12-9(5-6-24-12)20-10(17-18-15(19)20)7-16-11(8-3-4-8)14(22)23-2/h5-6,8,11,16H,3-4,7H2,1-2H3. The molecule has 126 valence electrons. The predicted octanol–water partition coefficient (Wildman–Crippen LogP) is 0.684. The van der Waals surface area contributed by atoms with Gasteiger partial charge < -0.3 is 4.74 Å². The lowest BCUT2D eigenvalue weighted by atomic mass is 10.2. The number of carbonyl (C=O) groups excluding carboxylic acids is 1. The van der Waals surface area contributed by atoms with Gasteiger partial charge in [0.2, 0.25) is 5.78 Å². The molecule has 0 bridgehead atoms. The van der Waals surface area contributed by atoms with Crippen molar-refractivity contribution >= 4 is 33.3 Å². The summed E-state index contributed by atoms with van der Waals surface area (Å²) >= 11 is 1.40. The van der Waals surface area contributed by atoms with Gasteiger partial charge >= 0.3 is 5.97 Å². The van der Waals surface area contributed by atoms with E-state index in [-0.39, 0.29) is 17.6 Å². The van der Waals surface area contributed by atoms with E-state index in [1.54, 1.807) is 7.05 Å².